The van der Waals surface area contributed by atoms with E-state index in [9.17, 15) is 40.7 Å². The summed E-state index contributed by atoms with van der Waals surface area (Å²) in [4.78, 5) is 25.9. The van der Waals surface area contributed by atoms with Crippen LogP contribution in [0.1, 0.15) is 42.7 Å². The summed E-state index contributed by atoms with van der Waals surface area (Å²) < 4.78 is 85.6. The van der Waals surface area contributed by atoms with Crippen LogP contribution in [0.2, 0.25) is 0 Å². The Kier molecular flexibility index (Phi) is 10.5. The zero-order chi connectivity index (χ0) is 33.8. The van der Waals surface area contributed by atoms with Gasteiger partial charge in [0.2, 0.25) is 15.9 Å². The molecule has 2 aliphatic rings. The molecule has 4 N–H and O–H groups in total. The summed E-state index contributed by atoms with van der Waals surface area (Å²) in [5, 5.41) is 17.7. The fraction of sp³-hybridized carbons (Fsp3) is 0.394. The normalized spacial score (nSPS) is 22.1. The first-order valence-corrected chi connectivity index (χ1v) is 16.7. The fourth-order valence-corrected chi connectivity index (χ4v) is 8.31. The van der Waals surface area contributed by atoms with Crippen LogP contribution in [0, 0.1) is 17.6 Å². The molecule has 2 fully saturated rings. The Morgan fingerprint density at radius 1 is 0.915 bits per heavy atom. The molecule has 3 unspecified atom stereocenters. The van der Waals surface area contributed by atoms with Gasteiger partial charge in [-0.2, -0.15) is 4.31 Å². The summed E-state index contributed by atoms with van der Waals surface area (Å²) in [6.07, 6.45) is -2.37. The van der Waals surface area contributed by atoms with Crippen LogP contribution in [0.15, 0.2) is 83.8 Å². The quantitative estimate of drug-likeness (QED) is 0.218. The molecule has 14 heteroatoms. The van der Waals surface area contributed by atoms with Crippen LogP contribution in [0.4, 0.5) is 22.4 Å². The first kappa shape index (κ1) is 34.3. The predicted octanol–water partition coefficient (Wildman–Crippen LogP) is 4.71. The minimum atomic E-state index is -3.84. The molecule has 0 aromatic heterocycles. The Morgan fingerprint density at radius 2 is 1.51 bits per heavy atom. The van der Waals surface area contributed by atoms with Crippen LogP contribution in [0.3, 0.4) is 0 Å². The van der Waals surface area contributed by atoms with E-state index in [2.05, 4.69) is 16.0 Å². The van der Waals surface area contributed by atoms with Crippen molar-refractivity contribution in [2.45, 2.75) is 60.5 Å². The fourth-order valence-electron chi connectivity index (χ4n) is 6.63. The van der Waals surface area contributed by atoms with E-state index in [-0.39, 0.29) is 24.3 Å². The van der Waals surface area contributed by atoms with Crippen LogP contribution >= 0.6 is 0 Å². The summed E-state index contributed by atoms with van der Waals surface area (Å²) in [6, 6.07) is 14.9. The number of alkyl halides is 2. The lowest BCUT2D eigenvalue weighted by molar-refractivity contribution is -0.124. The molecule has 5 rings (SSSR count). The molecule has 2 amide bonds. The first-order chi connectivity index (χ1) is 22.3. The summed E-state index contributed by atoms with van der Waals surface area (Å²) in [7, 11) is -3.84. The minimum Gasteiger partial charge on any atom is -0.465 e. The molecule has 0 radical (unpaired) electrons. The molecule has 0 bridgehead atoms. The smallest absolute Gasteiger partial charge is 0.405 e. The monoisotopic (exact) mass is 676 g/mol. The Bertz CT molecular complexity index is 1600. The predicted molar refractivity (Wildman–Crippen MR) is 165 cm³/mol. The zero-order valence-electron chi connectivity index (χ0n) is 25.3. The molecule has 3 aromatic carbocycles. The van der Waals surface area contributed by atoms with Crippen molar-refractivity contribution < 1.29 is 40.7 Å². The molecule has 9 nitrogen and oxygen atoms in total. The van der Waals surface area contributed by atoms with Gasteiger partial charge in [-0.15, -0.1) is 0 Å². The van der Waals surface area contributed by atoms with Gasteiger partial charge in [-0.1, -0.05) is 42.5 Å². The lowest BCUT2D eigenvalue weighted by Crippen LogP contribution is -2.54. The zero-order valence-corrected chi connectivity index (χ0v) is 26.1. The second-order valence-electron chi connectivity index (χ2n) is 12.0. The number of halogens is 4. The number of hydrogen-bond donors (Lipinski definition) is 4. The average Bonchev–Trinajstić information content (AvgIpc) is 3.34. The van der Waals surface area contributed by atoms with Gasteiger partial charge in [0.1, 0.15) is 17.7 Å². The number of carboxylic acid groups (broad SMARTS) is 1. The third-order valence-electron chi connectivity index (χ3n) is 8.85. The highest BCUT2D eigenvalue weighted by molar-refractivity contribution is 7.89. The maximum atomic E-state index is 14.9. The molecular formula is C33H36F4N4O5S. The number of amides is 2. The van der Waals surface area contributed by atoms with Crippen molar-refractivity contribution in [2.75, 3.05) is 19.6 Å². The Morgan fingerprint density at radius 3 is 2.09 bits per heavy atom. The van der Waals surface area contributed by atoms with Crippen molar-refractivity contribution in [1.82, 2.24) is 20.3 Å². The van der Waals surface area contributed by atoms with Gasteiger partial charge in [0.05, 0.1) is 4.90 Å². The number of sulfonamides is 1. The van der Waals surface area contributed by atoms with Crippen LogP contribution in [0.25, 0.3) is 0 Å². The Hall–Kier alpha value is -4.01. The molecule has 1 saturated carbocycles. The number of nitrogens with one attached hydrogen (secondary N) is 3. The molecule has 1 aliphatic carbocycles. The number of carbonyl (C=O) groups is 2. The number of rotatable bonds is 11. The van der Waals surface area contributed by atoms with E-state index in [0.29, 0.717) is 24.2 Å². The van der Waals surface area contributed by atoms with Crippen LogP contribution < -0.4 is 16.0 Å². The average molecular weight is 677 g/mol. The van der Waals surface area contributed by atoms with E-state index >= 15 is 0 Å². The topological polar surface area (TPSA) is 128 Å². The molecule has 1 heterocycles. The van der Waals surface area contributed by atoms with Gasteiger partial charge >= 0.3 is 6.09 Å². The van der Waals surface area contributed by atoms with E-state index < -0.39 is 82.4 Å². The number of nitrogens with zero attached hydrogens (tertiary/aromatic N) is 1. The molecule has 47 heavy (non-hydrogen) atoms. The van der Waals surface area contributed by atoms with E-state index in [1.54, 1.807) is 18.2 Å². The summed E-state index contributed by atoms with van der Waals surface area (Å²) >= 11 is 0. The van der Waals surface area contributed by atoms with Gasteiger partial charge in [-0.3, -0.25) is 4.79 Å². The summed E-state index contributed by atoms with van der Waals surface area (Å²) in [5.74, 6) is -6.94. The highest BCUT2D eigenvalue weighted by Crippen LogP contribution is 2.42. The molecule has 1 saturated heterocycles. The number of hydrogen-bond acceptors (Lipinski definition) is 5. The number of benzene rings is 3. The van der Waals surface area contributed by atoms with Crippen molar-refractivity contribution >= 4 is 22.0 Å². The first-order valence-electron chi connectivity index (χ1n) is 15.3. The van der Waals surface area contributed by atoms with Crippen LogP contribution in [0.5, 0.6) is 0 Å². The lowest BCUT2D eigenvalue weighted by Gasteiger charge is -2.36. The maximum absolute atomic E-state index is 14.9. The lowest BCUT2D eigenvalue weighted by atomic mass is 9.84. The Balaban J connectivity index is 1.37. The molecule has 0 spiro atoms. The maximum Gasteiger partial charge on any atom is 0.405 e. The SMILES string of the molecule is O=C(O)N[C@@H](C(=O)NC1CC(F)(F)CC1CCC1CNCCN1S(=O)(=O)c1ccccc1)C(c1ccc(F)cc1)c1ccc(F)cc1. The second-order valence-corrected chi connectivity index (χ2v) is 13.9. The van der Waals surface area contributed by atoms with E-state index in [1.165, 1.54) is 40.7 Å². The van der Waals surface area contributed by atoms with Crippen molar-refractivity contribution in [2.24, 2.45) is 5.92 Å². The second kappa shape index (κ2) is 14.4. The van der Waals surface area contributed by atoms with Crippen LogP contribution in [-0.4, -0.2) is 73.5 Å². The van der Waals surface area contributed by atoms with Gasteiger partial charge in [0.25, 0.3) is 5.92 Å². The third-order valence-corrected chi connectivity index (χ3v) is 10.8. The number of piperazine rings is 1. The molecular weight excluding hydrogens is 640 g/mol. The van der Waals surface area contributed by atoms with E-state index in [4.69, 9.17) is 0 Å². The molecule has 1 aliphatic heterocycles. The summed E-state index contributed by atoms with van der Waals surface area (Å²) in [5.41, 5.74) is 0.675. The summed E-state index contributed by atoms with van der Waals surface area (Å²) in [6.45, 7) is 0.970. The van der Waals surface area contributed by atoms with Crippen LogP contribution in [-0.2, 0) is 14.8 Å². The minimum absolute atomic E-state index is 0.137. The molecule has 252 valence electrons. The van der Waals surface area contributed by atoms with Gasteiger partial charge in [-0.05, 0) is 66.3 Å². The van der Waals surface area contributed by atoms with E-state index in [0.717, 1.165) is 24.3 Å². The van der Waals surface area contributed by atoms with Gasteiger partial charge in [-0.25, -0.2) is 30.8 Å². The highest BCUT2D eigenvalue weighted by Gasteiger charge is 2.48. The van der Waals surface area contributed by atoms with Gasteiger partial charge in [0.15, 0.2) is 0 Å². The number of carbonyl (C=O) groups excluding carboxylic acids is 1. The van der Waals surface area contributed by atoms with Crippen molar-refractivity contribution in [3.05, 3.63) is 102 Å². The Labute approximate surface area is 270 Å². The van der Waals surface area contributed by atoms with Gasteiger partial charge in [0, 0.05) is 50.5 Å². The largest absolute Gasteiger partial charge is 0.465 e. The molecule has 4 atom stereocenters. The van der Waals surface area contributed by atoms with Crippen molar-refractivity contribution in [3.63, 3.8) is 0 Å². The standard InChI is InChI=1S/C33H36F4N4O5S/c34-24-11-6-21(7-12-24)29(22-8-13-25(35)14-9-22)30(40-32(43)44)31(42)39-28-19-33(36,37)18-23(28)10-15-26-20-38-16-17-41(26)47(45,46)27-4-2-1-3-5-27/h1-9,11-14,23,26,28-30,38,40H,10,15-20H2,(H,39,42)(H,43,44)/t23?,26?,28?,30-/m1/s1. The van der Waals surface area contributed by atoms with E-state index in [1.807, 2.05) is 0 Å². The third kappa shape index (κ3) is 8.29. The van der Waals surface area contributed by atoms with Crippen molar-refractivity contribution in [1.29, 1.82) is 0 Å². The highest BCUT2D eigenvalue weighted by atomic mass is 32.2. The van der Waals surface area contributed by atoms with Gasteiger partial charge < -0.3 is 21.1 Å². The molecule has 3 aromatic rings. The van der Waals surface area contributed by atoms with Crippen molar-refractivity contribution in [3.8, 4) is 0 Å².